The second-order valence-corrected chi connectivity index (χ2v) is 10.5. The van der Waals surface area contributed by atoms with E-state index < -0.39 is 0 Å². The number of hydrogen-bond acceptors (Lipinski definition) is 2. The monoisotopic (exact) mass is 465 g/mol. The second kappa shape index (κ2) is 31.5. The summed E-state index contributed by atoms with van der Waals surface area (Å²) in [5.74, 6) is 0. The van der Waals surface area contributed by atoms with E-state index in [-0.39, 0.29) is 0 Å². The lowest BCUT2D eigenvalue weighted by atomic mass is 10.0. The minimum absolute atomic E-state index is 0.545. The van der Waals surface area contributed by atoms with Gasteiger partial charge < -0.3 is 4.74 Å². The minimum Gasteiger partial charge on any atom is -0.457 e. The molecule has 0 amide bonds. The fraction of sp³-hybridized carbons (Fsp3) is 0.968. The summed E-state index contributed by atoms with van der Waals surface area (Å²) in [7, 11) is 0. The Balaban J connectivity index is 2.99. The Bertz CT molecular complexity index is 342. The van der Waals surface area contributed by atoms with Crippen LogP contribution in [-0.2, 0) is 9.53 Å². The van der Waals surface area contributed by atoms with Gasteiger partial charge >= 0.3 is 6.47 Å². The maximum absolute atomic E-state index is 9.91. The third-order valence-electron chi connectivity index (χ3n) is 7.16. The fourth-order valence-corrected chi connectivity index (χ4v) is 4.89. The van der Waals surface area contributed by atoms with Gasteiger partial charge in [0.15, 0.2) is 0 Å². The van der Waals surface area contributed by atoms with Gasteiger partial charge in [-0.3, -0.25) is 0 Å². The van der Waals surface area contributed by atoms with Gasteiger partial charge in [0, 0.05) is 0 Å². The Kier molecular flexibility index (Phi) is 31.0. The molecular formula is C31H61O2. The van der Waals surface area contributed by atoms with E-state index in [9.17, 15) is 4.79 Å². The zero-order valence-electron chi connectivity index (χ0n) is 22.8. The molecule has 197 valence electrons. The molecule has 0 atom stereocenters. The third kappa shape index (κ3) is 31.5. The Morgan fingerprint density at radius 3 is 0.788 bits per heavy atom. The van der Waals surface area contributed by atoms with Crippen molar-refractivity contribution in [2.24, 2.45) is 0 Å². The van der Waals surface area contributed by atoms with Crippen molar-refractivity contribution in [1.82, 2.24) is 0 Å². The van der Waals surface area contributed by atoms with Crippen LogP contribution >= 0.6 is 0 Å². The molecule has 0 aliphatic carbocycles. The molecule has 0 bridgehead atoms. The Hall–Kier alpha value is -0.530. The highest BCUT2D eigenvalue weighted by Gasteiger charge is 1.96. The SMILES string of the molecule is CCCCCCCCCCCCCCCCCCCCCCCCCCCCCCO[C]=O. The van der Waals surface area contributed by atoms with Gasteiger partial charge in [0.1, 0.15) is 0 Å². The Morgan fingerprint density at radius 1 is 0.364 bits per heavy atom. The number of rotatable bonds is 30. The molecule has 0 spiro atoms. The van der Waals surface area contributed by atoms with Crippen molar-refractivity contribution in [2.75, 3.05) is 6.61 Å². The summed E-state index contributed by atoms with van der Waals surface area (Å²) in [5.41, 5.74) is 0. The number of carbonyl (C=O) groups excluding carboxylic acids is 1. The smallest absolute Gasteiger partial charge is 0.417 e. The molecule has 0 N–H and O–H groups in total. The molecule has 0 aliphatic rings. The van der Waals surface area contributed by atoms with Crippen LogP contribution in [0.25, 0.3) is 0 Å². The number of unbranched alkanes of at least 4 members (excludes halogenated alkanes) is 27. The van der Waals surface area contributed by atoms with E-state index in [4.69, 9.17) is 0 Å². The lowest BCUT2D eigenvalue weighted by molar-refractivity contribution is 0.268. The van der Waals surface area contributed by atoms with Crippen molar-refractivity contribution in [2.45, 2.75) is 187 Å². The molecule has 0 saturated carbocycles. The molecule has 0 aromatic rings. The topological polar surface area (TPSA) is 26.3 Å². The molecule has 0 aromatic carbocycles. The van der Waals surface area contributed by atoms with E-state index in [1.165, 1.54) is 180 Å². The quantitative estimate of drug-likeness (QED) is 0.0985. The van der Waals surface area contributed by atoms with Crippen molar-refractivity contribution in [1.29, 1.82) is 0 Å². The molecule has 2 heteroatoms. The minimum atomic E-state index is 0.545. The van der Waals surface area contributed by atoms with Gasteiger partial charge in [-0.05, 0) is 6.42 Å². The van der Waals surface area contributed by atoms with Gasteiger partial charge in [0.25, 0.3) is 0 Å². The highest BCUT2D eigenvalue weighted by molar-refractivity contribution is 5.37. The largest absolute Gasteiger partial charge is 0.457 e. The highest BCUT2D eigenvalue weighted by Crippen LogP contribution is 2.16. The predicted molar refractivity (Wildman–Crippen MR) is 147 cm³/mol. The van der Waals surface area contributed by atoms with Crippen LogP contribution in [0.3, 0.4) is 0 Å². The molecular weight excluding hydrogens is 404 g/mol. The molecule has 0 unspecified atom stereocenters. The lowest BCUT2D eigenvalue weighted by Crippen LogP contribution is -1.91. The average Bonchev–Trinajstić information content (AvgIpc) is 2.83. The summed E-state index contributed by atoms with van der Waals surface area (Å²) in [4.78, 5) is 9.91. The summed E-state index contributed by atoms with van der Waals surface area (Å²) in [5, 5.41) is 0. The summed E-state index contributed by atoms with van der Waals surface area (Å²) < 4.78 is 4.59. The van der Waals surface area contributed by atoms with Gasteiger partial charge in [0.05, 0.1) is 6.61 Å². The van der Waals surface area contributed by atoms with E-state index >= 15 is 0 Å². The van der Waals surface area contributed by atoms with Crippen LogP contribution in [0.2, 0.25) is 0 Å². The van der Waals surface area contributed by atoms with E-state index in [0.717, 1.165) is 6.42 Å². The van der Waals surface area contributed by atoms with Crippen LogP contribution in [0, 0.1) is 0 Å². The average molecular weight is 466 g/mol. The first-order chi connectivity index (χ1) is 16.4. The zero-order chi connectivity index (χ0) is 23.9. The molecule has 1 radical (unpaired) electrons. The molecule has 0 saturated heterocycles. The summed E-state index contributed by atoms with van der Waals surface area (Å²) in [6.07, 6.45) is 39.7. The van der Waals surface area contributed by atoms with Crippen molar-refractivity contribution in [3.63, 3.8) is 0 Å². The van der Waals surface area contributed by atoms with Gasteiger partial charge in [-0.25, -0.2) is 4.79 Å². The van der Waals surface area contributed by atoms with Crippen molar-refractivity contribution in [3.05, 3.63) is 0 Å². The maximum atomic E-state index is 9.91. The van der Waals surface area contributed by atoms with E-state index in [1.54, 1.807) is 0 Å². The van der Waals surface area contributed by atoms with Crippen LogP contribution in [0.4, 0.5) is 0 Å². The van der Waals surface area contributed by atoms with Crippen LogP contribution in [0.5, 0.6) is 0 Å². The van der Waals surface area contributed by atoms with Crippen molar-refractivity contribution in [3.8, 4) is 0 Å². The highest BCUT2D eigenvalue weighted by atomic mass is 16.5. The Morgan fingerprint density at radius 2 is 0.576 bits per heavy atom. The molecule has 0 aliphatic heterocycles. The van der Waals surface area contributed by atoms with Gasteiger partial charge in [-0.15, -0.1) is 0 Å². The van der Waals surface area contributed by atoms with Crippen LogP contribution < -0.4 is 0 Å². The van der Waals surface area contributed by atoms with Crippen molar-refractivity contribution < 1.29 is 9.53 Å². The summed E-state index contributed by atoms with van der Waals surface area (Å²) in [6, 6.07) is 0. The second-order valence-electron chi connectivity index (χ2n) is 10.5. The van der Waals surface area contributed by atoms with E-state index in [2.05, 4.69) is 11.7 Å². The Labute approximate surface area is 209 Å². The zero-order valence-corrected chi connectivity index (χ0v) is 22.8. The molecule has 0 aromatic heterocycles. The normalized spacial score (nSPS) is 11.2. The molecule has 2 nitrogen and oxygen atoms in total. The number of hydrogen-bond donors (Lipinski definition) is 0. The standard InChI is InChI=1S/C31H61O2/c1-2-3-4-5-6-7-8-9-10-11-12-13-14-15-16-17-18-19-20-21-22-23-24-25-26-27-28-29-30-33-31-32/h2-30H2,1H3. The molecule has 0 rings (SSSR count). The van der Waals surface area contributed by atoms with Crippen LogP contribution in [-0.4, -0.2) is 13.1 Å². The summed E-state index contributed by atoms with van der Waals surface area (Å²) >= 11 is 0. The third-order valence-corrected chi connectivity index (χ3v) is 7.16. The van der Waals surface area contributed by atoms with Gasteiger partial charge in [-0.1, -0.05) is 180 Å². The summed E-state index contributed by atoms with van der Waals surface area (Å²) in [6.45, 7) is 4.33. The van der Waals surface area contributed by atoms with Crippen molar-refractivity contribution >= 4 is 6.47 Å². The first-order valence-electron chi connectivity index (χ1n) is 15.4. The molecule has 33 heavy (non-hydrogen) atoms. The maximum Gasteiger partial charge on any atom is 0.417 e. The molecule has 0 fully saturated rings. The van der Waals surface area contributed by atoms with Crippen LogP contribution in [0.1, 0.15) is 187 Å². The fourth-order valence-electron chi connectivity index (χ4n) is 4.89. The van der Waals surface area contributed by atoms with E-state index in [0.29, 0.717) is 6.61 Å². The first-order valence-corrected chi connectivity index (χ1v) is 15.4. The van der Waals surface area contributed by atoms with E-state index in [1.807, 2.05) is 0 Å². The number of ether oxygens (including phenoxy) is 1. The van der Waals surface area contributed by atoms with Crippen LogP contribution in [0.15, 0.2) is 0 Å². The van der Waals surface area contributed by atoms with Gasteiger partial charge in [0.2, 0.25) is 0 Å². The first kappa shape index (κ1) is 32.5. The predicted octanol–water partition coefficient (Wildman–Crippen LogP) is 11.0. The van der Waals surface area contributed by atoms with Gasteiger partial charge in [-0.2, -0.15) is 0 Å². The lowest BCUT2D eigenvalue weighted by Gasteiger charge is -2.04. The molecule has 0 heterocycles.